The highest BCUT2D eigenvalue weighted by molar-refractivity contribution is 5.69. The molecule has 0 radical (unpaired) electrons. The summed E-state index contributed by atoms with van der Waals surface area (Å²) in [6.07, 6.45) is -0.515. The number of esters is 1. The van der Waals surface area contributed by atoms with Crippen molar-refractivity contribution in [1.82, 2.24) is 0 Å². The Kier molecular flexibility index (Phi) is 3.19. The molecule has 0 saturated heterocycles. The number of carbonyl (C=O) groups excluding carboxylic acids is 1. The van der Waals surface area contributed by atoms with Gasteiger partial charge in [-0.3, -0.25) is 4.79 Å². The van der Waals surface area contributed by atoms with E-state index in [4.69, 9.17) is 5.11 Å². The maximum absolute atomic E-state index is 10.2. The molecule has 0 aromatic rings. The first-order valence-corrected chi connectivity index (χ1v) is 2.41. The summed E-state index contributed by atoms with van der Waals surface area (Å²) in [6.45, 7) is 1.54. The lowest BCUT2D eigenvalue weighted by molar-refractivity contribution is -0.142. The van der Waals surface area contributed by atoms with Gasteiger partial charge in [-0.25, -0.2) is 0 Å². The summed E-state index contributed by atoms with van der Waals surface area (Å²) in [7, 11) is 1.30. The Morgan fingerprint density at radius 1 is 1.88 bits per heavy atom. The van der Waals surface area contributed by atoms with Gasteiger partial charge in [0, 0.05) is 0 Å². The number of aliphatic hydroxyl groups is 1. The van der Waals surface area contributed by atoms with Crippen LogP contribution < -0.4 is 0 Å². The lowest BCUT2D eigenvalue weighted by Gasteiger charge is -1.99. The number of ether oxygens (including phenoxy) is 1. The Bertz CT molecular complexity index is 77.7. The van der Waals surface area contributed by atoms with E-state index in [0.29, 0.717) is 0 Å². The van der Waals surface area contributed by atoms with E-state index in [0.717, 1.165) is 0 Å². The molecule has 0 aromatic heterocycles. The van der Waals surface area contributed by atoms with E-state index in [1.54, 1.807) is 0 Å². The molecule has 8 heavy (non-hydrogen) atoms. The van der Waals surface area contributed by atoms with Crippen molar-refractivity contribution in [3.8, 4) is 0 Å². The fraction of sp³-hybridized carbons (Fsp3) is 0.800. The second-order valence-electron chi connectivity index (χ2n) is 1.63. The lowest BCUT2D eigenvalue weighted by Crippen LogP contribution is -2.10. The molecule has 3 nitrogen and oxygen atoms in total. The largest absolute Gasteiger partial charge is 0.469 e. The molecule has 0 aromatic carbocycles. The van der Waals surface area contributed by atoms with Gasteiger partial charge >= 0.3 is 5.97 Å². The van der Waals surface area contributed by atoms with Crippen LogP contribution in [0.2, 0.25) is 0 Å². The third-order valence-corrected chi connectivity index (χ3v) is 0.690. The van der Waals surface area contributed by atoms with Crippen LogP contribution >= 0.6 is 0 Å². The van der Waals surface area contributed by atoms with Crippen LogP contribution in [0, 0.1) is 0 Å². The molecule has 0 fully saturated rings. The fourth-order valence-electron chi connectivity index (χ4n) is 0.325. The molecule has 0 aliphatic carbocycles. The van der Waals surface area contributed by atoms with Crippen LogP contribution in [0.15, 0.2) is 0 Å². The van der Waals surface area contributed by atoms with Crippen molar-refractivity contribution in [3.05, 3.63) is 0 Å². The Balaban J connectivity index is 3.25. The van der Waals surface area contributed by atoms with Crippen LogP contribution in [0.1, 0.15) is 13.3 Å². The van der Waals surface area contributed by atoms with Gasteiger partial charge in [0.05, 0.1) is 19.6 Å². The van der Waals surface area contributed by atoms with Crippen molar-refractivity contribution in [2.75, 3.05) is 7.11 Å². The van der Waals surface area contributed by atoms with Gasteiger partial charge in [0.1, 0.15) is 0 Å². The van der Waals surface area contributed by atoms with Crippen LogP contribution in [-0.2, 0) is 9.53 Å². The molecule has 0 heterocycles. The summed E-state index contributed by atoms with van der Waals surface area (Å²) >= 11 is 0. The van der Waals surface area contributed by atoms with Gasteiger partial charge in [-0.15, -0.1) is 0 Å². The minimum atomic E-state index is -0.595. The van der Waals surface area contributed by atoms with Crippen molar-refractivity contribution in [2.24, 2.45) is 0 Å². The molecule has 0 amide bonds. The summed E-state index contributed by atoms with van der Waals surface area (Å²) in [6, 6.07) is 0. The average molecular weight is 118 g/mol. The predicted molar refractivity (Wildman–Crippen MR) is 28.3 cm³/mol. The second-order valence-corrected chi connectivity index (χ2v) is 1.63. The zero-order valence-electron chi connectivity index (χ0n) is 5.05. The Morgan fingerprint density at radius 2 is 2.38 bits per heavy atom. The molecular formula is C5H10O3. The van der Waals surface area contributed by atoms with Crippen LogP contribution in [0.5, 0.6) is 0 Å². The van der Waals surface area contributed by atoms with Gasteiger partial charge in [-0.1, -0.05) is 0 Å². The molecule has 0 rings (SSSR count). The van der Waals surface area contributed by atoms with Crippen molar-refractivity contribution >= 4 is 5.97 Å². The molecule has 1 N–H and O–H groups in total. The van der Waals surface area contributed by atoms with Gasteiger partial charge < -0.3 is 9.84 Å². The number of carbonyl (C=O) groups is 1. The highest BCUT2D eigenvalue weighted by atomic mass is 16.5. The highest BCUT2D eigenvalue weighted by Crippen LogP contribution is 1.89. The van der Waals surface area contributed by atoms with Crippen LogP contribution in [-0.4, -0.2) is 24.3 Å². The Labute approximate surface area is 48.3 Å². The quantitative estimate of drug-likeness (QED) is 0.516. The number of hydrogen-bond acceptors (Lipinski definition) is 3. The molecule has 0 aliphatic heterocycles. The monoisotopic (exact) mass is 118 g/mol. The molecule has 0 aliphatic rings. The van der Waals surface area contributed by atoms with E-state index >= 15 is 0 Å². The van der Waals surface area contributed by atoms with Gasteiger partial charge in [-0.05, 0) is 6.92 Å². The molecular weight excluding hydrogens is 108 g/mol. The van der Waals surface area contributed by atoms with Crippen LogP contribution in [0.25, 0.3) is 0 Å². The first-order chi connectivity index (χ1) is 3.66. The second kappa shape index (κ2) is 3.43. The van der Waals surface area contributed by atoms with Gasteiger partial charge in [0.15, 0.2) is 0 Å². The molecule has 0 spiro atoms. The van der Waals surface area contributed by atoms with E-state index in [9.17, 15) is 4.79 Å². The Hall–Kier alpha value is -0.570. The summed E-state index contributed by atoms with van der Waals surface area (Å²) in [5.74, 6) is -0.375. The minimum absolute atomic E-state index is 0.0799. The highest BCUT2D eigenvalue weighted by Gasteiger charge is 2.03. The maximum atomic E-state index is 10.2. The fourth-order valence-corrected chi connectivity index (χ4v) is 0.325. The molecule has 1 atom stereocenters. The van der Waals surface area contributed by atoms with Gasteiger partial charge in [-0.2, -0.15) is 0 Å². The molecule has 0 bridgehead atoms. The topological polar surface area (TPSA) is 46.5 Å². The maximum Gasteiger partial charge on any atom is 0.308 e. The zero-order chi connectivity index (χ0) is 6.57. The minimum Gasteiger partial charge on any atom is -0.469 e. The standard InChI is InChI=1S/C5H10O3/c1-4(6)3-5(7)8-2/h4,6H,3H2,1-2H3/t4-/m0/s1. The van der Waals surface area contributed by atoms with Crippen LogP contribution in [0.3, 0.4) is 0 Å². The SMILES string of the molecule is COC(=O)C[C@H](C)O. The van der Waals surface area contributed by atoms with E-state index in [1.165, 1.54) is 14.0 Å². The van der Waals surface area contributed by atoms with Crippen molar-refractivity contribution in [3.63, 3.8) is 0 Å². The third-order valence-electron chi connectivity index (χ3n) is 0.690. The van der Waals surface area contributed by atoms with E-state index in [-0.39, 0.29) is 12.4 Å². The van der Waals surface area contributed by atoms with E-state index < -0.39 is 6.10 Å². The van der Waals surface area contributed by atoms with Crippen molar-refractivity contribution < 1.29 is 14.6 Å². The first kappa shape index (κ1) is 7.43. The number of methoxy groups -OCH3 is 1. The molecule has 0 saturated carbocycles. The van der Waals surface area contributed by atoms with Crippen LogP contribution in [0.4, 0.5) is 0 Å². The first-order valence-electron chi connectivity index (χ1n) is 2.41. The Morgan fingerprint density at radius 3 is 2.50 bits per heavy atom. The summed E-state index contributed by atoms with van der Waals surface area (Å²) < 4.78 is 4.26. The smallest absolute Gasteiger partial charge is 0.308 e. The van der Waals surface area contributed by atoms with Gasteiger partial charge in [0.25, 0.3) is 0 Å². The number of hydrogen-bond donors (Lipinski definition) is 1. The number of rotatable bonds is 2. The third kappa shape index (κ3) is 3.61. The molecule has 0 unspecified atom stereocenters. The van der Waals surface area contributed by atoms with E-state index in [2.05, 4.69) is 4.74 Å². The molecule has 3 heteroatoms. The lowest BCUT2D eigenvalue weighted by atomic mass is 10.3. The van der Waals surface area contributed by atoms with Crippen molar-refractivity contribution in [1.29, 1.82) is 0 Å². The summed E-state index contributed by atoms with van der Waals surface area (Å²) in [4.78, 5) is 10.2. The summed E-state index contributed by atoms with van der Waals surface area (Å²) in [5.41, 5.74) is 0. The van der Waals surface area contributed by atoms with Gasteiger partial charge in [0.2, 0.25) is 0 Å². The van der Waals surface area contributed by atoms with Crippen molar-refractivity contribution in [2.45, 2.75) is 19.4 Å². The van der Waals surface area contributed by atoms with E-state index in [1.807, 2.05) is 0 Å². The summed E-state index contributed by atoms with van der Waals surface area (Å²) in [5, 5.41) is 8.55. The predicted octanol–water partition coefficient (Wildman–Crippen LogP) is -0.0697. The zero-order valence-corrected chi connectivity index (χ0v) is 5.05. The normalized spacial score (nSPS) is 12.9. The molecule has 48 valence electrons. The average Bonchev–Trinajstić information content (AvgIpc) is 1.65. The number of aliphatic hydroxyl groups excluding tert-OH is 1.